The van der Waals surface area contributed by atoms with Crippen molar-refractivity contribution in [2.24, 2.45) is 0 Å². The molecule has 2 rings (SSSR count). The summed E-state index contributed by atoms with van der Waals surface area (Å²) >= 11 is 21.9. The van der Waals surface area contributed by atoms with Crippen LogP contribution in [-0.4, -0.2) is 0 Å². The molecule has 0 atom stereocenters. The first-order chi connectivity index (χ1) is 11.7. The van der Waals surface area contributed by atoms with Crippen LogP contribution in [0.2, 0.25) is 0 Å². The molecule has 0 aliphatic rings. The van der Waals surface area contributed by atoms with E-state index in [1.807, 2.05) is 0 Å². The van der Waals surface area contributed by atoms with E-state index in [2.05, 4.69) is 130 Å². The Bertz CT molecular complexity index is 713. The minimum Gasteiger partial charge on any atom is -0.112 e. The fraction of sp³-hybridized carbons (Fsp3) is 0.429. The molecule has 0 fully saturated rings. The number of halogens is 5. The molecule has 0 aromatic heterocycles. The van der Waals surface area contributed by atoms with E-state index in [4.69, 9.17) is 11.6 Å². The van der Waals surface area contributed by atoms with Gasteiger partial charge in [0.2, 0.25) is 0 Å². The van der Waals surface area contributed by atoms with Crippen LogP contribution in [0.4, 0.5) is 0 Å². The zero-order chi connectivity index (χ0) is 20.0. The Morgan fingerprint density at radius 3 is 1.04 bits per heavy atom. The third kappa shape index (κ3) is 4.97. The van der Waals surface area contributed by atoms with Gasteiger partial charge in [0.05, 0.1) is 5.38 Å². The molecule has 0 bridgehead atoms. The fourth-order valence-electron chi connectivity index (χ4n) is 2.66. The molecule has 2 aromatic rings. The third-order valence-corrected chi connectivity index (χ3v) is 7.46. The van der Waals surface area contributed by atoms with Crippen molar-refractivity contribution >= 4 is 75.3 Å². The molecule has 2 aromatic carbocycles. The number of hydrogen-bond donors (Lipinski definition) is 0. The van der Waals surface area contributed by atoms with Crippen LogP contribution in [0.3, 0.4) is 0 Å². The van der Waals surface area contributed by atoms with Gasteiger partial charge >= 0.3 is 0 Å². The Labute approximate surface area is 196 Å². The van der Waals surface area contributed by atoms with Crippen LogP contribution in [0.1, 0.15) is 69.2 Å². The fourth-order valence-corrected chi connectivity index (χ4v) is 6.95. The summed E-state index contributed by atoms with van der Waals surface area (Å²) in [6.45, 7) is 13.2. The summed E-state index contributed by atoms with van der Waals surface area (Å²) in [6.07, 6.45) is 0. The van der Waals surface area contributed by atoms with Crippen molar-refractivity contribution in [3.05, 3.63) is 64.4 Å². The van der Waals surface area contributed by atoms with Crippen LogP contribution in [0.25, 0.3) is 0 Å². The van der Waals surface area contributed by atoms with Crippen molar-refractivity contribution in [1.82, 2.24) is 0 Å². The van der Waals surface area contributed by atoms with Crippen LogP contribution in [0, 0.1) is 0 Å². The predicted octanol–water partition coefficient (Wildman–Crippen LogP) is 9.66. The van der Waals surface area contributed by atoms with Gasteiger partial charge in [-0.05, 0) is 46.2 Å². The topological polar surface area (TPSA) is 0 Å². The van der Waals surface area contributed by atoms with E-state index in [1.165, 1.54) is 11.1 Å². The molecular weight excluding hydrogens is 607 g/mol. The van der Waals surface area contributed by atoms with Gasteiger partial charge in [-0.15, -0.1) is 11.6 Å². The van der Waals surface area contributed by atoms with Gasteiger partial charge in [-0.2, -0.15) is 0 Å². The van der Waals surface area contributed by atoms with E-state index in [-0.39, 0.29) is 16.2 Å². The second-order valence-corrected chi connectivity index (χ2v) is 12.4. The van der Waals surface area contributed by atoms with Crippen molar-refractivity contribution in [1.29, 1.82) is 0 Å². The van der Waals surface area contributed by atoms with Gasteiger partial charge in [0.25, 0.3) is 0 Å². The van der Waals surface area contributed by atoms with Gasteiger partial charge in [-0.3, -0.25) is 0 Å². The van der Waals surface area contributed by atoms with Crippen molar-refractivity contribution < 1.29 is 0 Å². The third-order valence-electron chi connectivity index (χ3n) is 4.40. The van der Waals surface area contributed by atoms with Gasteiger partial charge < -0.3 is 0 Å². The van der Waals surface area contributed by atoms with E-state index in [0.717, 1.165) is 29.0 Å². The molecule has 0 nitrogen and oxygen atoms in total. The van der Waals surface area contributed by atoms with E-state index < -0.39 is 0 Å². The maximum atomic E-state index is 6.97. The number of rotatable bonds is 2. The van der Waals surface area contributed by atoms with Crippen LogP contribution < -0.4 is 0 Å². The Morgan fingerprint density at radius 2 is 0.846 bits per heavy atom. The van der Waals surface area contributed by atoms with Crippen molar-refractivity contribution in [3.63, 3.8) is 0 Å². The molecule has 0 radical (unpaired) electrons. The Hall–Kier alpha value is 0.650. The standard InChI is InChI=1S/C21H23Br4Cl/c1-20(2,3)11-7-13(22)17(14(23)8-11)19(26)18-15(24)9-12(10-16(18)25)21(4,5)6/h7-10,19H,1-6H3. The van der Waals surface area contributed by atoms with Crippen molar-refractivity contribution in [2.45, 2.75) is 57.7 Å². The van der Waals surface area contributed by atoms with E-state index in [1.54, 1.807) is 0 Å². The van der Waals surface area contributed by atoms with E-state index in [0.29, 0.717) is 0 Å². The Kier molecular flexibility index (Phi) is 7.22. The molecule has 142 valence electrons. The second-order valence-electron chi connectivity index (χ2n) is 8.57. The highest BCUT2D eigenvalue weighted by molar-refractivity contribution is 9.11. The maximum absolute atomic E-state index is 6.97. The summed E-state index contributed by atoms with van der Waals surface area (Å²) in [5.74, 6) is 0. The number of hydrogen-bond acceptors (Lipinski definition) is 0. The van der Waals surface area contributed by atoms with E-state index >= 15 is 0 Å². The summed E-state index contributed by atoms with van der Waals surface area (Å²) in [5, 5.41) is -0.300. The summed E-state index contributed by atoms with van der Waals surface area (Å²) in [7, 11) is 0. The predicted molar refractivity (Wildman–Crippen MR) is 129 cm³/mol. The molecule has 0 unspecified atom stereocenters. The second kappa shape index (κ2) is 8.18. The lowest BCUT2D eigenvalue weighted by Crippen LogP contribution is -2.13. The normalized spacial score (nSPS) is 12.8. The molecule has 0 saturated heterocycles. The van der Waals surface area contributed by atoms with Gasteiger partial charge in [-0.25, -0.2) is 0 Å². The summed E-state index contributed by atoms with van der Waals surface area (Å²) in [6, 6.07) is 8.67. The average molecular weight is 630 g/mol. The smallest absolute Gasteiger partial charge is 0.0879 e. The minimum absolute atomic E-state index is 0.0703. The number of benzene rings is 2. The molecular formula is C21H23Br4Cl. The lowest BCUT2D eigenvalue weighted by atomic mass is 9.85. The molecule has 0 amide bonds. The first-order valence-electron chi connectivity index (χ1n) is 8.36. The molecule has 0 spiro atoms. The molecule has 0 aliphatic carbocycles. The zero-order valence-electron chi connectivity index (χ0n) is 15.8. The highest BCUT2D eigenvalue weighted by Gasteiger charge is 2.26. The van der Waals surface area contributed by atoms with Crippen LogP contribution in [-0.2, 0) is 10.8 Å². The molecule has 5 heteroatoms. The lowest BCUT2D eigenvalue weighted by molar-refractivity contribution is 0.589. The molecule has 26 heavy (non-hydrogen) atoms. The SMILES string of the molecule is CC(C)(C)c1cc(Br)c(C(Cl)c2c(Br)cc(C(C)(C)C)cc2Br)c(Br)c1. The first kappa shape index (κ1) is 22.9. The monoisotopic (exact) mass is 626 g/mol. The molecule has 0 heterocycles. The summed E-state index contributed by atoms with van der Waals surface area (Å²) in [5.41, 5.74) is 4.71. The largest absolute Gasteiger partial charge is 0.112 e. The Balaban J connectivity index is 2.59. The quantitative estimate of drug-likeness (QED) is 0.290. The van der Waals surface area contributed by atoms with Crippen LogP contribution in [0.5, 0.6) is 0 Å². The Morgan fingerprint density at radius 1 is 0.615 bits per heavy atom. The van der Waals surface area contributed by atoms with Gasteiger partial charge in [0.1, 0.15) is 0 Å². The molecule has 0 aliphatic heterocycles. The summed E-state index contributed by atoms with van der Waals surface area (Å²) in [4.78, 5) is 0. The minimum atomic E-state index is -0.300. The zero-order valence-corrected chi connectivity index (χ0v) is 22.9. The molecule has 0 saturated carbocycles. The number of alkyl halides is 1. The highest BCUT2D eigenvalue weighted by atomic mass is 79.9. The van der Waals surface area contributed by atoms with Crippen molar-refractivity contribution in [2.75, 3.05) is 0 Å². The van der Waals surface area contributed by atoms with Crippen molar-refractivity contribution in [3.8, 4) is 0 Å². The van der Waals surface area contributed by atoms with Gasteiger partial charge in [0, 0.05) is 29.0 Å². The molecule has 0 N–H and O–H groups in total. The summed E-state index contributed by atoms with van der Waals surface area (Å²) < 4.78 is 4.04. The first-order valence-corrected chi connectivity index (χ1v) is 12.0. The average Bonchev–Trinajstić information content (AvgIpc) is 2.43. The maximum Gasteiger partial charge on any atom is 0.0879 e. The van der Waals surface area contributed by atoms with Gasteiger partial charge in [-0.1, -0.05) is 105 Å². The highest BCUT2D eigenvalue weighted by Crippen LogP contribution is 2.46. The van der Waals surface area contributed by atoms with E-state index in [9.17, 15) is 0 Å². The van der Waals surface area contributed by atoms with Gasteiger partial charge in [0.15, 0.2) is 0 Å². The van der Waals surface area contributed by atoms with Crippen LogP contribution in [0.15, 0.2) is 42.2 Å². The lowest BCUT2D eigenvalue weighted by Gasteiger charge is -2.25. The van der Waals surface area contributed by atoms with Crippen LogP contribution >= 0.6 is 75.3 Å².